The monoisotopic (exact) mass is 286 g/mol. The third-order valence-electron chi connectivity index (χ3n) is 2.78. The Morgan fingerprint density at radius 3 is 2.86 bits per heavy atom. The highest BCUT2D eigenvalue weighted by atomic mass is 16.5. The van der Waals surface area contributed by atoms with Gasteiger partial charge in [-0.05, 0) is 18.6 Å². The van der Waals surface area contributed by atoms with Crippen LogP contribution in [0, 0.1) is 11.3 Å². The fourth-order valence-corrected chi connectivity index (χ4v) is 1.85. The van der Waals surface area contributed by atoms with Gasteiger partial charge >= 0.3 is 5.97 Å². The van der Waals surface area contributed by atoms with E-state index in [2.05, 4.69) is 5.32 Å². The molecule has 0 saturated carbocycles. The number of furan rings is 1. The van der Waals surface area contributed by atoms with Crippen LogP contribution in [0.5, 0.6) is 0 Å². The van der Waals surface area contributed by atoms with Crippen LogP contribution in [-0.4, -0.2) is 18.5 Å². The molecule has 0 fully saturated rings. The molecule has 1 heterocycles. The largest absolute Gasteiger partial charge is 0.456 e. The minimum Gasteiger partial charge on any atom is -0.456 e. The number of hydrogen-bond donors (Lipinski definition) is 1. The van der Waals surface area contributed by atoms with Gasteiger partial charge in [-0.25, -0.2) is 0 Å². The maximum atomic E-state index is 11.8. The van der Waals surface area contributed by atoms with Gasteiger partial charge in [0.15, 0.2) is 6.61 Å². The summed E-state index contributed by atoms with van der Waals surface area (Å²) in [5.41, 5.74) is 0.803. The first-order valence-corrected chi connectivity index (χ1v) is 6.52. The highest BCUT2D eigenvalue weighted by Crippen LogP contribution is 2.30. The second-order valence-electron chi connectivity index (χ2n) is 4.37. The van der Waals surface area contributed by atoms with E-state index in [9.17, 15) is 9.59 Å². The maximum absolute atomic E-state index is 11.8. The number of anilines is 1. The number of amides is 1. The van der Waals surface area contributed by atoms with Gasteiger partial charge in [0.2, 0.25) is 5.76 Å². The van der Waals surface area contributed by atoms with Gasteiger partial charge in [0.1, 0.15) is 17.3 Å². The zero-order valence-electron chi connectivity index (χ0n) is 11.5. The SMILES string of the molecule is CCCC(=O)OCC(=O)Nc1c(C#N)oc2ccccc12. The van der Waals surface area contributed by atoms with Gasteiger partial charge < -0.3 is 14.5 Å². The lowest BCUT2D eigenvalue weighted by atomic mass is 10.2. The highest BCUT2D eigenvalue weighted by molar-refractivity contribution is 6.03. The molecule has 0 atom stereocenters. The number of nitrogens with zero attached hydrogens (tertiary/aromatic N) is 1. The summed E-state index contributed by atoms with van der Waals surface area (Å²) >= 11 is 0. The minimum atomic E-state index is -0.512. The topological polar surface area (TPSA) is 92.3 Å². The summed E-state index contributed by atoms with van der Waals surface area (Å²) in [6.45, 7) is 1.46. The van der Waals surface area contributed by atoms with Crippen LogP contribution >= 0.6 is 0 Å². The molecule has 6 nitrogen and oxygen atoms in total. The van der Waals surface area contributed by atoms with Gasteiger partial charge in [-0.1, -0.05) is 19.1 Å². The van der Waals surface area contributed by atoms with E-state index in [1.807, 2.05) is 13.0 Å². The van der Waals surface area contributed by atoms with E-state index in [-0.39, 0.29) is 18.8 Å². The first kappa shape index (κ1) is 14.6. The van der Waals surface area contributed by atoms with Crippen LogP contribution in [0.15, 0.2) is 28.7 Å². The molecule has 2 rings (SSSR count). The standard InChI is InChI=1S/C15H14N2O4/c1-2-5-14(19)20-9-13(18)17-15-10-6-3-4-7-11(10)21-12(15)8-16/h3-4,6-7H,2,5,9H2,1H3,(H,17,18). The van der Waals surface area contributed by atoms with E-state index in [0.717, 1.165) is 0 Å². The average molecular weight is 286 g/mol. The Bertz CT molecular complexity index is 712. The molecule has 0 aliphatic heterocycles. The van der Waals surface area contributed by atoms with E-state index >= 15 is 0 Å². The Labute approximate surface area is 121 Å². The smallest absolute Gasteiger partial charge is 0.306 e. The Morgan fingerprint density at radius 2 is 2.14 bits per heavy atom. The Kier molecular flexibility index (Phi) is 4.57. The van der Waals surface area contributed by atoms with Crippen LogP contribution in [-0.2, 0) is 14.3 Å². The summed E-state index contributed by atoms with van der Waals surface area (Å²) in [5.74, 6) is -0.919. The van der Waals surface area contributed by atoms with Crippen molar-refractivity contribution in [1.29, 1.82) is 5.26 Å². The number of nitriles is 1. The van der Waals surface area contributed by atoms with Crippen molar-refractivity contribution in [2.24, 2.45) is 0 Å². The second-order valence-corrected chi connectivity index (χ2v) is 4.37. The average Bonchev–Trinajstić information content (AvgIpc) is 2.83. The van der Waals surface area contributed by atoms with Crippen molar-refractivity contribution in [3.63, 3.8) is 0 Å². The third-order valence-corrected chi connectivity index (χ3v) is 2.78. The molecular weight excluding hydrogens is 272 g/mol. The Hall–Kier alpha value is -2.81. The lowest BCUT2D eigenvalue weighted by molar-refractivity contribution is -0.147. The number of fused-ring (bicyclic) bond motifs is 1. The lowest BCUT2D eigenvalue weighted by Crippen LogP contribution is -2.21. The van der Waals surface area contributed by atoms with Gasteiger partial charge in [-0.2, -0.15) is 5.26 Å². The molecule has 1 aromatic carbocycles. The summed E-state index contributed by atoms with van der Waals surface area (Å²) < 4.78 is 10.1. The van der Waals surface area contributed by atoms with Gasteiger partial charge in [0.05, 0.1) is 0 Å². The number of carbonyl (C=O) groups excluding carboxylic acids is 2. The zero-order valence-corrected chi connectivity index (χ0v) is 11.5. The van der Waals surface area contributed by atoms with Crippen molar-refractivity contribution >= 4 is 28.5 Å². The summed E-state index contributed by atoms with van der Waals surface area (Å²) in [7, 11) is 0. The number of rotatable bonds is 5. The number of esters is 1. The van der Waals surface area contributed by atoms with Gasteiger partial charge in [-0.3, -0.25) is 9.59 Å². The third kappa shape index (κ3) is 3.39. The number of carbonyl (C=O) groups is 2. The fourth-order valence-electron chi connectivity index (χ4n) is 1.85. The first-order chi connectivity index (χ1) is 10.2. The van der Waals surface area contributed by atoms with E-state index < -0.39 is 11.9 Å². The molecule has 0 spiro atoms. The van der Waals surface area contributed by atoms with Crippen LogP contribution in [0.1, 0.15) is 25.5 Å². The molecule has 0 aliphatic rings. The molecule has 108 valence electrons. The first-order valence-electron chi connectivity index (χ1n) is 6.52. The molecule has 0 bridgehead atoms. The number of hydrogen-bond acceptors (Lipinski definition) is 5. The van der Waals surface area contributed by atoms with Gasteiger partial charge in [0.25, 0.3) is 5.91 Å². The number of nitrogens with one attached hydrogen (secondary N) is 1. The van der Waals surface area contributed by atoms with E-state index in [1.165, 1.54) is 0 Å². The van der Waals surface area contributed by atoms with E-state index in [0.29, 0.717) is 23.1 Å². The molecule has 6 heteroatoms. The highest BCUT2D eigenvalue weighted by Gasteiger charge is 2.16. The normalized spacial score (nSPS) is 10.1. The molecule has 0 saturated heterocycles. The quantitative estimate of drug-likeness (QED) is 0.853. The van der Waals surface area contributed by atoms with Crippen molar-refractivity contribution in [2.45, 2.75) is 19.8 Å². The number of benzene rings is 1. The second kappa shape index (κ2) is 6.57. The van der Waals surface area contributed by atoms with Crippen LogP contribution in [0.25, 0.3) is 11.0 Å². The number of para-hydroxylation sites is 1. The molecule has 1 amide bonds. The van der Waals surface area contributed by atoms with Crippen molar-refractivity contribution in [2.75, 3.05) is 11.9 Å². The van der Waals surface area contributed by atoms with E-state index in [1.54, 1.807) is 24.3 Å². The molecule has 0 unspecified atom stereocenters. The van der Waals surface area contributed by atoms with Crippen LogP contribution in [0.4, 0.5) is 5.69 Å². The number of ether oxygens (including phenoxy) is 1. The van der Waals surface area contributed by atoms with Crippen LogP contribution in [0.3, 0.4) is 0 Å². The summed E-state index contributed by atoms with van der Waals surface area (Å²) in [5, 5.41) is 12.2. The molecule has 2 aromatic rings. The molecule has 1 aromatic heterocycles. The molecule has 0 radical (unpaired) electrons. The fraction of sp³-hybridized carbons (Fsp3) is 0.267. The molecule has 0 aliphatic carbocycles. The van der Waals surface area contributed by atoms with Crippen LogP contribution < -0.4 is 5.32 Å². The lowest BCUT2D eigenvalue weighted by Gasteiger charge is -2.05. The minimum absolute atomic E-state index is 0.0180. The van der Waals surface area contributed by atoms with E-state index in [4.69, 9.17) is 14.4 Å². The van der Waals surface area contributed by atoms with Crippen molar-refractivity contribution < 1.29 is 18.7 Å². The molecular formula is C15H14N2O4. The molecule has 1 N–H and O–H groups in total. The van der Waals surface area contributed by atoms with Crippen molar-refractivity contribution in [1.82, 2.24) is 0 Å². The predicted molar refractivity (Wildman–Crippen MR) is 75.4 cm³/mol. The van der Waals surface area contributed by atoms with Crippen LogP contribution in [0.2, 0.25) is 0 Å². The molecule has 21 heavy (non-hydrogen) atoms. The summed E-state index contributed by atoms with van der Waals surface area (Å²) in [6, 6.07) is 8.87. The van der Waals surface area contributed by atoms with Crippen molar-refractivity contribution in [3.05, 3.63) is 30.0 Å². The van der Waals surface area contributed by atoms with Crippen molar-refractivity contribution in [3.8, 4) is 6.07 Å². The Balaban J connectivity index is 2.11. The predicted octanol–water partition coefficient (Wildman–Crippen LogP) is 2.59. The Morgan fingerprint density at radius 1 is 1.38 bits per heavy atom. The van der Waals surface area contributed by atoms with Gasteiger partial charge in [-0.15, -0.1) is 0 Å². The summed E-state index contributed by atoms with van der Waals surface area (Å²) in [6.07, 6.45) is 0.927. The van der Waals surface area contributed by atoms with Gasteiger partial charge in [0, 0.05) is 11.8 Å². The summed E-state index contributed by atoms with van der Waals surface area (Å²) in [4.78, 5) is 23.0. The zero-order chi connectivity index (χ0) is 15.2. The maximum Gasteiger partial charge on any atom is 0.306 e.